The van der Waals surface area contributed by atoms with Crippen LogP contribution in [-0.2, 0) is 9.53 Å². The summed E-state index contributed by atoms with van der Waals surface area (Å²) in [5.74, 6) is 0.617. The summed E-state index contributed by atoms with van der Waals surface area (Å²) in [6.45, 7) is 15.9. The number of carbonyl (C=O) groups excluding carboxylic acids is 1. The van der Waals surface area contributed by atoms with Crippen molar-refractivity contribution in [1.29, 1.82) is 0 Å². The van der Waals surface area contributed by atoms with Crippen LogP contribution >= 0.6 is 0 Å². The molecular weight excluding hydrogens is 260 g/mol. The molecule has 0 heterocycles. The third-order valence-corrected chi connectivity index (χ3v) is 5.40. The Morgan fingerprint density at radius 2 is 1.57 bits per heavy atom. The fourth-order valence-electron chi connectivity index (χ4n) is 2.32. The smallest absolute Gasteiger partial charge is 0.311 e. The van der Waals surface area contributed by atoms with Gasteiger partial charge in [-0.25, -0.2) is 0 Å². The molecule has 0 aromatic heterocycles. The zero-order valence-electron chi connectivity index (χ0n) is 15.6. The lowest BCUT2D eigenvalue weighted by Crippen LogP contribution is -2.29. The number of esters is 1. The highest BCUT2D eigenvalue weighted by atomic mass is 16.5. The topological polar surface area (TPSA) is 26.3 Å². The van der Waals surface area contributed by atoms with Gasteiger partial charge in [0.2, 0.25) is 0 Å². The monoisotopic (exact) mass is 298 g/mol. The number of hydrogen-bond donors (Lipinski definition) is 0. The Morgan fingerprint density at radius 1 is 1.00 bits per heavy atom. The second-order valence-electron chi connectivity index (χ2n) is 7.71. The van der Waals surface area contributed by atoms with E-state index in [2.05, 4.69) is 41.5 Å². The molecule has 0 N–H and O–H groups in total. The number of rotatable bonds is 11. The molecule has 0 aliphatic rings. The van der Waals surface area contributed by atoms with Crippen molar-refractivity contribution in [1.82, 2.24) is 0 Å². The van der Waals surface area contributed by atoms with Crippen molar-refractivity contribution in [2.24, 2.45) is 16.7 Å². The molecule has 1 unspecified atom stereocenters. The summed E-state index contributed by atoms with van der Waals surface area (Å²) in [4.78, 5) is 12.1. The zero-order valence-corrected chi connectivity index (χ0v) is 15.6. The molecule has 0 aromatic rings. The standard InChI is InChI=1S/C19H38O2/c1-8-18(5,6)14-11-12-16(4)13-15-21-17(20)19(7,9-2)10-3/h16H,8-15H2,1-7H3. The van der Waals surface area contributed by atoms with Crippen molar-refractivity contribution in [3.05, 3.63) is 0 Å². The maximum Gasteiger partial charge on any atom is 0.311 e. The largest absolute Gasteiger partial charge is 0.465 e. The van der Waals surface area contributed by atoms with Crippen LogP contribution in [0.1, 0.15) is 93.4 Å². The van der Waals surface area contributed by atoms with Crippen molar-refractivity contribution in [3.8, 4) is 0 Å². The van der Waals surface area contributed by atoms with E-state index in [-0.39, 0.29) is 11.4 Å². The minimum atomic E-state index is -0.297. The van der Waals surface area contributed by atoms with Gasteiger partial charge in [-0.3, -0.25) is 4.79 Å². The lowest BCUT2D eigenvalue weighted by Gasteiger charge is -2.25. The number of hydrogen-bond acceptors (Lipinski definition) is 2. The van der Waals surface area contributed by atoms with E-state index < -0.39 is 0 Å². The lowest BCUT2D eigenvalue weighted by atomic mass is 9.83. The Balaban J connectivity index is 3.90. The lowest BCUT2D eigenvalue weighted by molar-refractivity contribution is -0.155. The summed E-state index contributed by atoms with van der Waals surface area (Å²) in [7, 11) is 0. The van der Waals surface area contributed by atoms with Crippen molar-refractivity contribution < 1.29 is 9.53 Å². The molecule has 2 nitrogen and oxygen atoms in total. The summed E-state index contributed by atoms with van der Waals surface area (Å²) in [5, 5.41) is 0. The average molecular weight is 299 g/mol. The highest BCUT2D eigenvalue weighted by molar-refractivity contribution is 5.76. The van der Waals surface area contributed by atoms with E-state index in [1.807, 2.05) is 6.92 Å². The molecule has 0 fully saturated rings. The Bertz CT molecular complexity index is 290. The summed E-state index contributed by atoms with van der Waals surface area (Å²) in [6, 6.07) is 0. The minimum Gasteiger partial charge on any atom is -0.465 e. The Kier molecular flexibility index (Phi) is 9.24. The first-order valence-electron chi connectivity index (χ1n) is 8.88. The zero-order chi connectivity index (χ0) is 16.5. The third-order valence-electron chi connectivity index (χ3n) is 5.40. The van der Waals surface area contributed by atoms with Crippen molar-refractivity contribution in [3.63, 3.8) is 0 Å². The van der Waals surface area contributed by atoms with Gasteiger partial charge >= 0.3 is 5.97 Å². The van der Waals surface area contributed by atoms with E-state index in [0.29, 0.717) is 17.9 Å². The Morgan fingerprint density at radius 3 is 2.05 bits per heavy atom. The molecule has 2 heteroatoms. The van der Waals surface area contributed by atoms with Gasteiger partial charge in [0.15, 0.2) is 0 Å². The van der Waals surface area contributed by atoms with Crippen molar-refractivity contribution in [2.45, 2.75) is 93.4 Å². The van der Waals surface area contributed by atoms with Crippen molar-refractivity contribution >= 4 is 5.97 Å². The van der Waals surface area contributed by atoms with Crippen LogP contribution < -0.4 is 0 Å². The molecular formula is C19H38O2. The fourth-order valence-corrected chi connectivity index (χ4v) is 2.32. The molecule has 0 spiro atoms. The SMILES string of the molecule is CCC(C)(C)CCCC(C)CCOC(=O)C(C)(CC)CC. The molecule has 126 valence electrons. The maximum atomic E-state index is 12.1. The molecule has 0 aliphatic heterocycles. The van der Waals surface area contributed by atoms with Crippen LogP contribution in [0.25, 0.3) is 0 Å². The van der Waals surface area contributed by atoms with Gasteiger partial charge in [0.1, 0.15) is 0 Å². The molecule has 0 amide bonds. The predicted octanol–water partition coefficient (Wildman–Crippen LogP) is 5.99. The first kappa shape index (κ1) is 20.5. The van der Waals surface area contributed by atoms with Gasteiger partial charge in [-0.1, -0.05) is 60.8 Å². The molecule has 0 saturated carbocycles. The summed E-state index contributed by atoms with van der Waals surface area (Å²) >= 11 is 0. The van der Waals surface area contributed by atoms with Gasteiger partial charge in [-0.15, -0.1) is 0 Å². The third kappa shape index (κ3) is 7.87. The van der Waals surface area contributed by atoms with Gasteiger partial charge < -0.3 is 4.74 Å². The second kappa shape index (κ2) is 9.48. The van der Waals surface area contributed by atoms with E-state index >= 15 is 0 Å². The van der Waals surface area contributed by atoms with Crippen molar-refractivity contribution in [2.75, 3.05) is 6.61 Å². The van der Waals surface area contributed by atoms with Crippen LogP contribution in [0.3, 0.4) is 0 Å². The highest BCUT2D eigenvalue weighted by Gasteiger charge is 2.30. The first-order chi connectivity index (χ1) is 9.70. The molecule has 0 radical (unpaired) electrons. The minimum absolute atomic E-state index is 0.0215. The summed E-state index contributed by atoms with van der Waals surface area (Å²) in [6.07, 6.45) is 7.73. The van der Waals surface area contributed by atoms with Gasteiger partial charge in [0.05, 0.1) is 12.0 Å². The van der Waals surface area contributed by atoms with Crippen LogP contribution in [0, 0.1) is 16.7 Å². The van der Waals surface area contributed by atoms with E-state index in [1.165, 1.54) is 25.7 Å². The molecule has 0 aromatic carbocycles. The van der Waals surface area contributed by atoms with Gasteiger partial charge in [0.25, 0.3) is 0 Å². The Labute approximate surface area is 133 Å². The summed E-state index contributed by atoms with van der Waals surface area (Å²) < 4.78 is 5.49. The number of carbonyl (C=O) groups is 1. The van der Waals surface area contributed by atoms with Crippen LogP contribution in [0.15, 0.2) is 0 Å². The second-order valence-corrected chi connectivity index (χ2v) is 7.71. The molecule has 0 rings (SSSR count). The predicted molar refractivity (Wildman–Crippen MR) is 91.4 cm³/mol. The fraction of sp³-hybridized carbons (Fsp3) is 0.947. The number of ether oxygens (including phenoxy) is 1. The molecule has 0 aliphatic carbocycles. The molecule has 1 atom stereocenters. The maximum absolute atomic E-state index is 12.1. The molecule has 0 saturated heterocycles. The van der Waals surface area contributed by atoms with Gasteiger partial charge in [-0.2, -0.15) is 0 Å². The van der Waals surface area contributed by atoms with E-state index in [0.717, 1.165) is 19.3 Å². The quantitative estimate of drug-likeness (QED) is 0.438. The van der Waals surface area contributed by atoms with Gasteiger partial charge in [-0.05, 0) is 43.9 Å². The summed E-state index contributed by atoms with van der Waals surface area (Å²) in [5.41, 5.74) is 0.171. The van der Waals surface area contributed by atoms with Gasteiger partial charge in [0, 0.05) is 0 Å². The van der Waals surface area contributed by atoms with Crippen LogP contribution in [0.4, 0.5) is 0 Å². The normalized spacial score (nSPS) is 14.0. The molecule has 0 bridgehead atoms. The van der Waals surface area contributed by atoms with Crippen LogP contribution in [0.2, 0.25) is 0 Å². The van der Waals surface area contributed by atoms with Crippen LogP contribution in [0.5, 0.6) is 0 Å². The molecule has 21 heavy (non-hydrogen) atoms. The van der Waals surface area contributed by atoms with E-state index in [9.17, 15) is 4.79 Å². The van der Waals surface area contributed by atoms with E-state index in [1.54, 1.807) is 0 Å². The first-order valence-corrected chi connectivity index (χ1v) is 8.88. The average Bonchev–Trinajstić information content (AvgIpc) is 2.46. The Hall–Kier alpha value is -0.530. The van der Waals surface area contributed by atoms with Crippen LogP contribution in [-0.4, -0.2) is 12.6 Å². The highest BCUT2D eigenvalue weighted by Crippen LogP contribution is 2.29. The van der Waals surface area contributed by atoms with E-state index in [4.69, 9.17) is 4.74 Å².